The molecule has 2 aromatic carbocycles. The molecule has 29 heavy (non-hydrogen) atoms. The number of piperazine rings is 1. The summed E-state index contributed by atoms with van der Waals surface area (Å²) in [5, 5.41) is 0. The van der Waals surface area contributed by atoms with Gasteiger partial charge in [0.1, 0.15) is 12.3 Å². The third kappa shape index (κ3) is 3.23. The summed E-state index contributed by atoms with van der Waals surface area (Å²) in [5.74, 6) is 0.144. The third-order valence-electron chi connectivity index (χ3n) is 5.61. The fraction of sp³-hybridized carbons (Fsp3) is 0.250. The van der Waals surface area contributed by atoms with Crippen LogP contribution in [0.5, 0.6) is 0 Å². The van der Waals surface area contributed by atoms with Gasteiger partial charge in [0, 0.05) is 11.4 Å². The molecule has 0 N–H and O–H groups in total. The quantitative estimate of drug-likeness (QED) is 0.657. The molecule has 5 nitrogen and oxygen atoms in total. The van der Waals surface area contributed by atoms with E-state index in [1.165, 1.54) is 6.26 Å². The molecule has 0 saturated carbocycles. The third-order valence-corrected chi connectivity index (χ3v) is 5.61. The Hall–Kier alpha value is -3.34. The van der Waals surface area contributed by atoms with Gasteiger partial charge < -0.3 is 9.32 Å². The van der Waals surface area contributed by atoms with Gasteiger partial charge in [0.2, 0.25) is 5.91 Å². The second-order valence-corrected chi connectivity index (χ2v) is 7.62. The number of hydrogen-bond acceptors (Lipinski definition) is 3. The van der Waals surface area contributed by atoms with Crippen LogP contribution in [0.1, 0.15) is 34.1 Å². The fourth-order valence-corrected chi connectivity index (χ4v) is 3.97. The van der Waals surface area contributed by atoms with Gasteiger partial charge in [-0.25, -0.2) is 0 Å². The van der Waals surface area contributed by atoms with Crippen LogP contribution in [0.3, 0.4) is 0 Å². The van der Waals surface area contributed by atoms with Crippen LogP contribution in [0.15, 0.2) is 59.2 Å². The average Bonchev–Trinajstić information content (AvgIpc) is 3.20. The Kier molecular flexibility index (Phi) is 4.74. The minimum absolute atomic E-state index is 0.00630. The molecule has 148 valence electrons. The molecular formula is C24H24N2O3. The summed E-state index contributed by atoms with van der Waals surface area (Å²) in [4.78, 5) is 30.2. The summed E-state index contributed by atoms with van der Waals surface area (Å²) in [6, 6.07) is 14.3. The summed E-state index contributed by atoms with van der Waals surface area (Å²) >= 11 is 0. The summed E-state index contributed by atoms with van der Waals surface area (Å²) in [6.45, 7) is 7.93. The van der Waals surface area contributed by atoms with Gasteiger partial charge in [0.05, 0.1) is 6.26 Å². The van der Waals surface area contributed by atoms with Gasteiger partial charge in [-0.1, -0.05) is 29.8 Å². The molecule has 3 aromatic rings. The zero-order valence-electron chi connectivity index (χ0n) is 17.1. The first kappa shape index (κ1) is 19.0. The van der Waals surface area contributed by atoms with Gasteiger partial charge in [-0.05, 0) is 68.7 Å². The molecule has 1 aliphatic rings. The monoisotopic (exact) mass is 388 g/mol. The van der Waals surface area contributed by atoms with Crippen molar-refractivity contribution in [3.63, 3.8) is 0 Å². The number of carbonyl (C=O) groups excluding carboxylic acids is 2. The molecule has 1 saturated heterocycles. The van der Waals surface area contributed by atoms with Crippen LogP contribution in [-0.4, -0.2) is 18.4 Å². The van der Waals surface area contributed by atoms with E-state index in [1.54, 1.807) is 21.9 Å². The van der Waals surface area contributed by atoms with Crippen molar-refractivity contribution in [1.82, 2.24) is 0 Å². The SMILES string of the molecule is Cc1ccc(N2C(=O)CN(c3cccc(C)c3C)C(=O)C2c2ccco2)c(C)c1. The maximum Gasteiger partial charge on any atom is 0.258 e. The average molecular weight is 388 g/mol. The zero-order chi connectivity index (χ0) is 20.7. The Balaban J connectivity index is 1.84. The highest BCUT2D eigenvalue weighted by atomic mass is 16.3. The minimum Gasteiger partial charge on any atom is -0.467 e. The first-order valence-corrected chi connectivity index (χ1v) is 9.69. The van der Waals surface area contributed by atoms with E-state index < -0.39 is 6.04 Å². The number of aryl methyl sites for hydroxylation is 3. The standard InChI is InChI=1S/C24H24N2O3/c1-15-10-11-19(17(3)13-15)26-22(27)14-25(20-8-5-7-16(2)18(20)4)24(28)23(26)21-9-6-12-29-21/h5-13,23H,14H2,1-4H3. The zero-order valence-corrected chi connectivity index (χ0v) is 17.1. The lowest BCUT2D eigenvalue weighted by molar-refractivity contribution is -0.129. The Morgan fingerprint density at radius 3 is 2.38 bits per heavy atom. The van der Waals surface area contributed by atoms with E-state index in [2.05, 4.69) is 0 Å². The van der Waals surface area contributed by atoms with Crippen LogP contribution in [-0.2, 0) is 9.59 Å². The van der Waals surface area contributed by atoms with Crippen LogP contribution < -0.4 is 9.80 Å². The second-order valence-electron chi connectivity index (χ2n) is 7.62. The van der Waals surface area contributed by atoms with Gasteiger partial charge in [0.25, 0.3) is 5.91 Å². The number of benzene rings is 2. The van der Waals surface area contributed by atoms with E-state index in [0.717, 1.165) is 33.6 Å². The molecule has 0 spiro atoms. The van der Waals surface area contributed by atoms with Crippen molar-refractivity contribution in [2.24, 2.45) is 0 Å². The number of furan rings is 1. The summed E-state index contributed by atoms with van der Waals surface area (Å²) in [7, 11) is 0. The lowest BCUT2D eigenvalue weighted by atomic mass is 10.0. The Morgan fingerprint density at radius 2 is 1.69 bits per heavy atom. The molecule has 4 rings (SSSR count). The van der Waals surface area contributed by atoms with Gasteiger partial charge in [0.15, 0.2) is 6.04 Å². The second kappa shape index (κ2) is 7.24. The van der Waals surface area contributed by atoms with Crippen molar-refractivity contribution in [3.8, 4) is 0 Å². The van der Waals surface area contributed by atoms with Crippen LogP contribution in [0.25, 0.3) is 0 Å². The predicted molar refractivity (Wildman–Crippen MR) is 113 cm³/mol. The van der Waals surface area contributed by atoms with E-state index in [0.29, 0.717) is 5.76 Å². The number of amides is 2. The largest absolute Gasteiger partial charge is 0.467 e. The fourth-order valence-electron chi connectivity index (χ4n) is 3.97. The highest BCUT2D eigenvalue weighted by Crippen LogP contribution is 2.37. The molecule has 5 heteroatoms. The van der Waals surface area contributed by atoms with Gasteiger partial charge in [-0.3, -0.25) is 14.5 Å². The topological polar surface area (TPSA) is 53.8 Å². The predicted octanol–water partition coefficient (Wildman–Crippen LogP) is 4.63. The molecule has 0 radical (unpaired) electrons. The van der Waals surface area contributed by atoms with E-state index in [9.17, 15) is 9.59 Å². The van der Waals surface area contributed by atoms with E-state index in [-0.39, 0.29) is 18.4 Å². The van der Waals surface area contributed by atoms with E-state index >= 15 is 0 Å². The Labute approximate surface area is 170 Å². The van der Waals surface area contributed by atoms with Crippen LogP contribution in [0.4, 0.5) is 11.4 Å². The lowest BCUT2D eigenvalue weighted by Crippen LogP contribution is -2.56. The molecule has 2 heterocycles. The highest BCUT2D eigenvalue weighted by molar-refractivity contribution is 6.14. The Morgan fingerprint density at radius 1 is 0.897 bits per heavy atom. The number of hydrogen-bond donors (Lipinski definition) is 0. The number of carbonyl (C=O) groups is 2. The van der Waals surface area contributed by atoms with Crippen molar-refractivity contribution in [2.75, 3.05) is 16.3 Å². The smallest absolute Gasteiger partial charge is 0.258 e. The molecule has 0 bridgehead atoms. The van der Waals surface area contributed by atoms with Gasteiger partial charge in [-0.2, -0.15) is 0 Å². The van der Waals surface area contributed by atoms with E-state index in [4.69, 9.17) is 4.42 Å². The number of rotatable bonds is 3. The van der Waals surface area contributed by atoms with Gasteiger partial charge in [-0.15, -0.1) is 0 Å². The molecule has 1 aliphatic heterocycles. The maximum absolute atomic E-state index is 13.7. The van der Waals surface area contributed by atoms with Gasteiger partial charge >= 0.3 is 0 Å². The number of anilines is 2. The van der Waals surface area contributed by atoms with Crippen molar-refractivity contribution in [3.05, 3.63) is 82.8 Å². The molecular weight excluding hydrogens is 364 g/mol. The van der Waals surface area contributed by atoms with Crippen molar-refractivity contribution < 1.29 is 14.0 Å². The molecule has 1 aromatic heterocycles. The Bertz CT molecular complexity index is 1090. The number of nitrogens with zero attached hydrogens (tertiary/aromatic N) is 2. The first-order chi connectivity index (χ1) is 13.9. The van der Waals surface area contributed by atoms with E-state index in [1.807, 2.05) is 64.1 Å². The lowest BCUT2D eigenvalue weighted by Gasteiger charge is -2.40. The highest BCUT2D eigenvalue weighted by Gasteiger charge is 2.44. The summed E-state index contributed by atoms with van der Waals surface area (Å²) in [6.07, 6.45) is 1.53. The van der Waals surface area contributed by atoms with Crippen molar-refractivity contribution in [2.45, 2.75) is 33.7 Å². The van der Waals surface area contributed by atoms with Crippen LogP contribution >= 0.6 is 0 Å². The maximum atomic E-state index is 13.7. The molecule has 2 amide bonds. The molecule has 1 unspecified atom stereocenters. The molecule has 0 aliphatic carbocycles. The van der Waals surface area contributed by atoms with Crippen molar-refractivity contribution >= 4 is 23.2 Å². The summed E-state index contributed by atoms with van der Waals surface area (Å²) < 4.78 is 5.60. The summed E-state index contributed by atoms with van der Waals surface area (Å²) in [5.41, 5.74) is 5.62. The normalized spacial score (nSPS) is 17.2. The van der Waals surface area contributed by atoms with Crippen molar-refractivity contribution in [1.29, 1.82) is 0 Å². The van der Waals surface area contributed by atoms with Crippen LogP contribution in [0, 0.1) is 27.7 Å². The first-order valence-electron chi connectivity index (χ1n) is 9.69. The molecule has 1 atom stereocenters. The minimum atomic E-state index is -0.840. The van der Waals surface area contributed by atoms with Crippen LogP contribution in [0.2, 0.25) is 0 Å². The molecule has 1 fully saturated rings.